The fraction of sp³-hybridized carbons (Fsp3) is 0.467. The maximum atomic E-state index is 14.4. The molecule has 1 aliphatic rings. The summed E-state index contributed by atoms with van der Waals surface area (Å²) in [7, 11) is 1.22. The molecule has 1 atom stereocenters. The summed E-state index contributed by atoms with van der Waals surface area (Å²) < 4.78 is 24.5. The molecule has 118 valence electrons. The molecule has 1 aliphatic heterocycles. The van der Waals surface area contributed by atoms with Crippen molar-refractivity contribution in [3.05, 3.63) is 29.0 Å². The first-order valence-electron chi connectivity index (χ1n) is 7.01. The minimum absolute atomic E-state index is 0.0623. The Labute approximate surface area is 131 Å². The Bertz CT molecular complexity index is 684. The van der Waals surface area contributed by atoms with Crippen LogP contribution in [0.1, 0.15) is 17.1 Å². The average Bonchev–Trinajstić information content (AvgIpc) is 3.20. The van der Waals surface area contributed by atoms with Gasteiger partial charge in [-0.3, -0.25) is 4.90 Å². The number of methoxy groups -OCH3 is 1. The lowest BCUT2D eigenvalue weighted by molar-refractivity contribution is -0.153. The van der Waals surface area contributed by atoms with Gasteiger partial charge in [0.25, 0.3) is 0 Å². The Balaban J connectivity index is 1.65. The Hall–Kier alpha value is -1.73. The SMILES string of the molecule is COC(=O)[C@]1(F)CCN(Cc2cnc(-c3ccc(C)o3)s2)C1. The van der Waals surface area contributed by atoms with Crippen LogP contribution < -0.4 is 0 Å². The fourth-order valence-electron chi connectivity index (χ4n) is 2.60. The van der Waals surface area contributed by atoms with Crippen LogP contribution in [0.3, 0.4) is 0 Å². The van der Waals surface area contributed by atoms with Crippen LogP contribution in [0.5, 0.6) is 0 Å². The number of hydrogen-bond donors (Lipinski definition) is 0. The van der Waals surface area contributed by atoms with Crippen LogP contribution in [0.4, 0.5) is 4.39 Å². The highest BCUT2D eigenvalue weighted by Crippen LogP contribution is 2.31. The molecule has 0 radical (unpaired) electrons. The summed E-state index contributed by atoms with van der Waals surface area (Å²) in [5, 5.41) is 0.807. The lowest BCUT2D eigenvalue weighted by Gasteiger charge is -2.17. The molecule has 1 fully saturated rings. The van der Waals surface area contributed by atoms with Gasteiger partial charge in [0.2, 0.25) is 5.67 Å². The number of furan rings is 1. The Kier molecular flexibility index (Phi) is 4.01. The van der Waals surface area contributed by atoms with Crippen LogP contribution in [0, 0.1) is 6.92 Å². The average molecular weight is 324 g/mol. The van der Waals surface area contributed by atoms with Gasteiger partial charge in [0.05, 0.1) is 7.11 Å². The molecule has 0 unspecified atom stereocenters. The second-order valence-electron chi connectivity index (χ2n) is 5.46. The molecule has 7 heteroatoms. The summed E-state index contributed by atoms with van der Waals surface area (Å²) in [4.78, 5) is 18.7. The van der Waals surface area contributed by atoms with Crippen LogP contribution >= 0.6 is 11.3 Å². The van der Waals surface area contributed by atoms with E-state index < -0.39 is 11.6 Å². The lowest BCUT2D eigenvalue weighted by atomic mass is 10.1. The van der Waals surface area contributed by atoms with Crippen molar-refractivity contribution < 1.29 is 18.3 Å². The standard InChI is InChI=1S/C15H17FN2O3S/c1-10-3-4-12(21-10)13-17-7-11(22-13)8-18-6-5-15(16,9-18)14(19)20-2/h3-4,7H,5-6,8-9H2,1-2H3/t15-/m0/s1. The van der Waals surface area contributed by atoms with Crippen molar-refractivity contribution in [2.75, 3.05) is 20.2 Å². The molecular formula is C15H17FN2O3S. The largest absolute Gasteiger partial charge is 0.467 e. The summed E-state index contributed by atoms with van der Waals surface area (Å²) >= 11 is 1.52. The van der Waals surface area contributed by atoms with Gasteiger partial charge >= 0.3 is 5.97 Å². The number of likely N-dealkylation sites (tertiary alicyclic amines) is 1. The van der Waals surface area contributed by atoms with E-state index in [0.717, 1.165) is 21.4 Å². The van der Waals surface area contributed by atoms with Gasteiger partial charge in [0.15, 0.2) is 10.8 Å². The van der Waals surface area contributed by atoms with Gasteiger partial charge < -0.3 is 9.15 Å². The molecule has 5 nitrogen and oxygen atoms in total. The maximum absolute atomic E-state index is 14.4. The van der Waals surface area contributed by atoms with E-state index in [2.05, 4.69) is 9.72 Å². The fourth-order valence-corrected chi connectivity index (χ4v) is 3.51. The molecule has 0 bridgehead atoms. The molecule has 3 heterocycles. The molecule has 1 saturated heterocycles. The quantitative estimate of drug-likeness (QED) is 0.810. The second-order valence-corrected chi connectivity index (χ2v) is 6.57. The minimum atomic E-state index is -1.89. The normalized spacial score (nSPS) is 22.1. The van der Waals surface area contributed by atoms with Crippen LogP contribution in [-0.4, -0.2) is 41.7 Å². The summed E-state index contributed by atoms with van der Waals surface area (Å²) in [6, 6.07) is 3.78. The monoisotopic (exact) mass is 324 g/mol. The van der Waals surface area contributed by atoms with Crippen LogP contribution in [0.2, 0.25) is 0 Å². The third-order valence-electron chi connectivity index (χ3n) is 3.73. The summed E-state index contributed by atoms with van der Waals surface area (Å²) in [6.45, 7) is 3.04. The zero-order valence-corrected chi connectivity index (χ0v) is 13.3. The highest BCUT2D eigenvalue weighted by atomic mass is 32.1. The van der Waals surface area contributed by atoms with E-state index >= 15 is 0 Å². The van der Waals surface area contributed by atoms with Crippen molar-refractivity contribution in [1.29, 1.82) is 0 Å². The number of aryl methyl sites for hydroxylation is 1. The van der Waals surface area contributed by atoms with E-state index in [1.165, 1.54) is 18.4 Å². The van der Waals surface area contributed by atoms with E-state index in [1.54, 1.807) is 6.20 Å². The van der Waals surface area contributed by atoms with Crippen molar-refractivity contribution in [1.82, 2.24) is 9.88 Å². The molecule has 0 aromatic carbocycles. The van der Waals surface area contributed by atoms with E-state index in [0.29, 0.717) is 13.1 Å². The van der Waals surface area contributed by atoms with Crippen molar-refractivity contribution in [2.24, 2.45) is 0 Å². The predicted octanol–water partition coefficient (Wildman–Crippen LogP) is 2.80. The van der Waals surface area contributed by atoms with Gasteiger partial charge in [-0.15, -0.1) is 11.3 Å². The topological polar surface area (TPSA) is 55.6 Å². The van der Waals surface area contributed by atoms with E-state index in [-0.39, 0.29) is 13.0 Å². The smallest absolute Gasteiger partial charge is 0.345 e. The van der Waals surface area contributed by atoms with Crippen molar-refractivity contribution in [3.8, 4) is 10.8 Å². The number of carbonyl (C=O) groups is 1. The third kappa shape index (κ3) is 2.91. The first-order valence-corrected chi connectivity index (χ1v) is 7.83. The zero-order chi connectivity index (χ0) is 15.7. The Morgan fingerprint density at radius 3 is 3.09 bits per heavy atom. The van der Waals surface area contributed by atoms with E-state index in [4.69, 9.17) is 4.42 Å². The number of thiazole rings is 1. The van der Waals surface area contributed by atoms with Crippen LogP contribution in [0.25, 0.3) is 10.8 Å². The predicted molar refractivity (Wildman–Crippen MR) is 80.3 cm³/mol. The van der Waals surface area contributed by atoms with E-state index in [9.17, 15) is 9.18 Å². The minimum Gasteiger partial charge on any atom is -0.467 e. The van der Waals surface area contributed by atoms with E-state index in [1.807, 2.05) is 24.0 Å². The van der Waals surface area contributed by atoms with Crippen LogP contribution in [-0.2, 0) is 16.1 Å². The molecule has 0 amide bonds. The number of carbonyl (C=O) groups excluding carboxylic acids is 1. The molecule has 2 aromatic heterocycles. The maximum Gasteiger partial charge on any atom is 0.345 e. The molecular weight excluding hydrogens is 307 g/mol. The molecule has 0 spiro atoms. The lowest BCUT2D eigenvalue weighted by Crippen LogP contribution is -2.37. The number of hydrogen-bond acceptors (Lipinski definition) is 6. The van der Waals surface area contributed by atoms with Gasteiger partial charge in [-0.25, -0.2) is 14.2 Å². The number of halogens is 1. The molecule has 0 N–H and O–H groups in total. The molecule has 3 rings (SSSR count). The highest BCUT2D eigenvalue weighted by Gasteiger charge is 2.46. The number of nitrogens with zero attached hydrogens (tertiary/aromatic N) is 2. The molecule has 0 aliphatic carbocycles. The third-order valence-corrected chi connectivity index (χ3v) is 4.73. The van der Waals surface area contributed by atoms with Gasteiger partial charge in [-0.1, -0.05) is 0 Å². The molecule has 2 aromatic rings. The number of alkyl halides is 1. The number of ether oxygens (including phenoxy) is 1. The summed E-state index contributed by atoms with van der Waals surface area (Å²) in [5.41, 5.74) is -1.89. The van der Waals surface area contributed by atoms with Crippen molar-refractivity contribution in [2.45, 2.75) is 25.6 Å². The van der Waals surface area contributed by atoms with Gasteiger partial charge in [-0.05, 0) is 19.1 Å². The first-order chi connectivity index (χ1) is 10.5. The van der Waals surface area contributed by atoms with Gasteiger partial charge in [0.1, 0.15) is 5.76 Å². The van der Waals surface area contributed by atoms with Gasteiger partial charge in [-0.2, -0.15) is 0 Å². The number of aromatic nitrogens is 1. The number of rotatable bonds is 4. The first kappa shape index (κ1) is 15.2. The summed E-state index contributed by atoms with van der Waals surface area (Å²) in [6.07, 6.45) is 1.94. The Morgan fingerprint density at radius 1 is 1.59 bits per heavy atom. The van der Waals surface area contributed by atoms with Gasteiger partial charge in [0, 0.05) is 37.1 Å². The molecule has 22 heavy (non-hydrogen) atoms. The van der Waals surface area contributed by atoms with Crippen molar-refractivity contribution >= 4 is 17.3 Å². The van der Waals surface area contributed by atoms with Crippen LogP contribution in [0.15, 0.2) is 22.7 Å². The second kappa shape index (κ2) is 5.81. The zero-order valence-electron chi connectivity index (χ0n) is 12.5. The Morgan fingerprint density at radius 2 is 2.41 bits per heavy atom. The summed E-state index contributed by atoms with van der Waals surface area (Å²) in [5.74, 6) is 0.794. The number of esters is 1. The highest BCUT2D eigenvalue weighted by molar-refractivity contribution is 7.14. The molecule has 0 saturated carbocycles. The van der Waals surface area contributed by atoms with Crippen molar-refractivity contribution in [3.63, 3.8) is 0 Å².